The van der Waals surface area contributed by atoms with Crippen molar-refractivity contribution >= 4 is 23.5 Å². The molecule has 0 spiro atoms. The van der Waals surface area contributed by atoms with E-state index in [1.165, 1.54) is 22.8 Å². The van der Waals surface area contributed by atoms with E-state index in [0.717, 1.165) is 10.7 Å². The van der Waals surface area contributed by atoms with Crippen LogP contribution in [0.2, 0.25) is 5.02 Å². The van der Waals surface area contributed by atoms with Crippen LogP contribution in [0, 0.1) is 0 Å². The fraction of sp³-hybridized carbons (Fsp3) is 0.360. The molecule has 0 saturated carbocycles. The number of alkyl halides is 3. The van der Waals surface area contributed by atoms with Gasteiger partial charge in [-0.25, -0.2) is 9.48 Å². The highest BCUT2D eigenvalue weighted by Gasteiger charge is 2.37. The van der Waals surface area contributed by atoms with Gasteiger partial charge in [-0.2, -0.15) is 13.2 Å². The number of hydrogen-bond acceptors (Lipinski definition) is 5. The first-order valence-electron chi connectivity index (χ1n) is 11.4. The Bertz CT molecular complexity index is 1330. The van der Waals surface area contributed by atoms with Gasteiger partial charge in [-0.05, 0) is 48.7 Å². The lowest BCUT2D eigenvalue weighted by molar-refractivity contribution is -0.305. The minimum absolute atomic E-state index is 0.0215. The fourth-order valence-electron chi connectivity index (χ4n) is 3.87. The molecule has 37 heavy (non-hydrogen) atoms. The quantitative estimate of drug-likeness (QED) is 0.428. The number of aliphatic carboxylic acids is 1. The van der Waals surface area contributed by atoms with Crippen LogP contribution in [0.1, 0.15) is 37.8 Å². The van der Waals surface area contributed by atoms with Crippen molar-refractivity contribution in [3.05, 3.63) is 75.2 Å². The molecule has 0 bridgehead atoms. The van der Waals surface area contributed by atoms with E-state index < -0.39 is 41.3 Å². The predicted molar refractivity (Wildman–Crippen MR) is 129 cm³/mol. The van der Waals surface area contributed by atoms with Gasteiger partial charge in [0.25, 0.3) is 0 Å². The van der Waals surface area contributed by atoms with Gasteiger partial charge in [-0.3, -0.25) is 9.36 Å². The summed E-state index contributed by atoms with van der Waals surface area (Å²) in [5.41, 5.74) is -1.93. The molecular formula is C25H25ClF3N4O4-. The van der Waals surface area contributed by atoms with Crippen LogP contribution in [0.3, 0.4) is 0 Å². The molecule has 2 aromatic carbocycles. The Hall–Kier alpha value is -3.60. The minimum Gasteiger partial charge on any atom is -0.550 e. The van der Waals surface area contributed by atoms with E-state index in [2.05, 4.69) is 10.4 Å². The van der Waals surface area contributed by atoms with E-state index in [9.17, 15) is 32.7 Å². The smallest absolute Gasteiger partial charge is 0.416 e. The highest BCUT2D eigenvalue weighted by Crippen LogP contribution is 2.37. The van der Waals surface area contributed by atoms with Crippen molar-refractivity contribution in [3.63, 3.8) is 0 Å². The van der Waals surface area contributed by atoms with Crippen molar-refractivity contribution in [1.82, 2.24) is 19.7 Å². The minimum atomic E-state index is -4.55. The largest absolute Gasteiger partial charge is 0.550 e. The summed E-state index contributed by atoms with van der Waals surface area (Å²) in [6.45, 7) is 2.57. The zero-order valence-electron chi connectivity index (χ0n) is 20.1. The van der Waals surface area contributed by atoms with E-state index in [-0.39, 0.29) is 37.3 Å². The molecular weight excluding hydrogens is 513 g/mol. The zero-order valence-corrected chi connectivity index (χ0v) is 20.9. The van der Waals surface area contributed by atoms with Gasteiger partial charge in [0, 0.05) is 35.1 Å². The zero-order chi connectivity index (χ0) is 27.4. The molecule has 0 aliphatic heterocycles. The van der Waals surface area contributed by atoms with Crippen LogP contribution in [0.15, 0.2) is 53.3 Å². The SMILES string of the molecule is CC(C)(CNC(=O)Cn1nc(-c2ccc(Cl)cc2)n(CCCC(=O)[O-])c1=O)c1ccccc1C(F)(F)F. The lowest BCUT2D eigenvalue weighted by atomic mass is 9.81. The maximum atomic E-state index is 13.5. The topological polar surface area (TPSA) is 109 Å². The summed E-state index contributed by atoms with van der Waals surface area (Å²) < 4.78 is 42.6. The Balaban J connectivity index is 1.80. The second kappa shape index (κ2) is 11.2. The van der Waals surface area contributed by atoms with Crippen LogP contribution in [0.25, 0.3) is 11.4 Å². The van der Waals surface area contributed by atoms with Crippen LogP contribution in [0.5, 0.6) is 0 Å². The summed E-state index contributed by atoms with van der Waals surface area (Å²) in [7, 11) is 0. The van der Waals surface area contributed by atoms with Gasteiger partial charge in [0.2, 0.25) is 5.91 Å². The van der Waals surface area contributed by atoms with Crippen LogP contribution in [0.4, 0.5) is 13.2 Å². The van der Waals surface area contributed by atoms with E-state index in [4.69, 9.17) is 11.6 Å². The average molecular weight is 538 g/mol. The molecule has 8 nitrogen and oxygen atoms in total. The number of aromatic nitrogens is 3. The van der Waals surface area contributed by atoms with Gasteiger partial charge in [0.05, 0.1) is 5.56 Å². The number of nitrogens with one attached hydrogen (secondary N) is 1. The third-order valence-corrected chi connectivity index (χ3v) is 6.02. The summed E-state index contributed by atoms with van der Waals surface area (Å²) >= 11 is 5.93. The molecule has 0 radical (unpaired) electrons. The Kier molecular flexibility index (Phi) is 8.47. The highest BCUT2D eigenvalue weighted by molar-refractivity contribution is 6.30. The Morgan fingerprint density at radius 2 is 1.68 bits per heavy atom. The molecule has 198 valence electrons. The average Bonchev–Trinajstić information content (AvgIpc) is 3.12. The highest BCUT2D eigenvalue weighted by atomic mass is 35.5. The molecule has 1 N–H and O–H groups in total. The van der Waals surface area contributed by atoms with E-state index in [1.807, 2.05) is 0 Å². The van der Waals surface area contributed by atoms with Crippen molar-refractivity contribution in [2.45, 2.75) is 51.4 Å². The van der Waals surface area contributed by atoms with Gasteiger partial charge in [0.1, 0.15) is 6.54 Å². The number of rotatable bonds is 10. The number of hydrogen-bond donors (Lipinski definition) is 1. The fourth-order valence-corrected chi connectivity index (χ4v) is 3.99. The van der Waals surface area contributed by atoms with Crippen molar-refractivity contribution in [2.24, 2.45) is 0 Å². The Morgan fingerprint density at radius 3 is 2.27 bits per heavy atom. The van der Waals surface area contributed by atoms with Crippen molar-refractivity contribution in [2.75, 3.05) is 6.54 Å². The molecule has 1 heterocycles. The second-order valence-electron chi connectivity index (χ2n) is 9.10. The second-order valence-corrected chi connectivity index (χ2v) is 9.54. The number of carbonyl (C=O) groups is 2. The summed E-state index contributed by atoms with van der Waals surface area (Å²) in [4.78, 5) is 36.5. The molecule has 0 unspecified atom stereocenters. The first kappa shape index (κ1) is 28.0. The molecule has 1 aromatic heterocycles. The normalized spacial score (nSPS) is 11.9. The molecule has 0 fully saturated rings. The van der Waals surface area contributed by atoms with Gasteiger partial charge >= 0.3 is 11.9 Å². The third kappa shape index (κ3) is 7.00. The summed E-state index contributed by atoms with van der Waals surface area (Å²) in [6, 6.07) is 11.6. The van der Waals surface area contributed by atoms with Crippen molar-refractivity contribution in [3.8, 4) is 11.4 Å². The number of carbonyl (C=O) groups excluding carboxylic acids is 2. The maximum absolute atomic E-state index is 13.5. The first-order chi connectivity index (χ1) is 17.3. The molecule has 3 rings (SSSR count). The maximum Gasteiger partial charge on any atom is 0.416 e. The monoisotopic (exact) mass is 537 g/mol. The van der Waals surface area contributed by atoms with Crippen LogP contribution in [-0.2, 0) is 34.3 Å². The molecule has 0 atom stereocenters. The van der Waals surface area contributed by atoms with Crippen molar-refractivity contribution < 1.29 is 27.9 Å². The number of halogens is 4. The van der Waals surface area contributed by atoms with E-state index >= 15 is 0 Å². The van der Waals surface area contributed by atoms with Crippen LogP contribution < -0.4 is 16.1 Å². The number of carboxylic acid groups (broad SMARTS) is 1. The predicted octanol–water partition coefficient (Wildman–Crippen LogP) is 3.01. The standard InChI is InChI=1S/C25H26ClF3N4O4/c1-24(2,18-6-3-4-7-19(18)25(27,28)29)15-30-20(34)14-33-23(37)32(13-5-8-21(35)36)22(31-33)16-9-11-17(26)12-10-16/h3-4,6-7,9-12H,5,8,13-15H2,1-2H3,(H,30,34)(H,35,36)/p-1. The van der Waals surface area contributed by atoms with Crippen LogP contribution in [-0.4, -0.2) is 32.8 Å². The molecule has 0 saturated heterocycles. The van der Waals surface area contributed by atoms with Gasteiger partial charge in [-0.1, -0.05) is 43.6 Å². The summed E-state index contributed by atoms with van der Waals surface area (Å²) in [5.74, 6) is -1.67. The number of carboxylic acids is 1. The van der Waals surface area contributed by atoms with Gasteiger partial charge < -0.3 is 15.2 Å². The Labute approximate surface area is 215 Å². The third-order valence-electron chi connectivity index (χ3n) is 5.77. The molecule has 1 amide bonds. The number of amides is 1. The van der Waals surface area contributed by atoms with Gasteiger partial charge in [-0.15, -0.1) is 5.10 Å². The number of benzene rings is 2. The van der Waals surface area contributed by atoms with E-state index in [0.29, 0.717) is 10.6 Å². The molecule has 12 heteroatoms. The van der Waals surface area contributed by atoms with Crippen molar-refractivity contribution in [1.29, 1.82) is 0 Å². The molecule has 0 aliphatic carbocycles. The van der Waals surface area contributed by atoms with Crippen LogP contribution >= 0.6 is 11.6 Å². The van der Waals surface area contributed by atoms with E-state index in [1.54, 1.807) is 38.1 Å². The lowest BCUT2D eigenvalue weighted by Gasteiger charge is -2.28. The first-order valence-corrected chi connectivity index (χ1v) is 11.7. The molecule has 3 aromatic rings. The summed E-state index contributed by atoms with van der Waals surface area (Å²) in [5, 5.41) is 18.1. The van der Waals surface area contributed by atoms with Gasteiger partial charge in [0.15, 0.2) is 5.82 Å². The Morgan fingerprint density at radius 1 is 1.05 bits per heavy atom. The number of nitrogens with zero attached hydrogens (tertiary/aromatic N) is 3. The molecule has 0 aliphatic rings. The summed E-state index contributed by atoms with van der Waals surface area (Å²) in [6.07, 6.45) is -4.72. The lowest BCUT2D eigenvalue weighted by Crippen LogP contribution is -2.40.